The van der Waals surface area contributed by atoms with Crippen molar-refractivity contribution in [2.75, 3.05) is 0 Å². The number of carbonyl (C=O) groups excluding carboxylic acids is 2. The molecule has 2 aliphatic rings. The van der Waals surface area contributed by atoms with Crippen molar-refractivity contribution in [3.63, 3.8) is 0 Å². The summed E-state index contributed by atoms with van der Waals surface area (Å²) < 4.78 is 0. The number of hydrogen-bond acceptors (Lipinski definition) is 2. The third-order valence-electron chi connectivity index (χ3n) is 4.20. The number of hydrogen-bond donors (Lipinski definition) is 0. The van der Waals surface area contributed by atoms with E-state index in [1.807, 2.05) is 13.0 Å². The lowest BCUT2D eigenvalue weighted by Gasteiger charge is -2.43. The summed E-state index contributed by atoms with van der Waals surface area (Å²) in [7, 11) is 0. The Hall–Kier alpha value is -1.18. The van der Waals surface area contributed by atoms with Gasteiger partial charge < -0.3 is 4.79 Å². The molecule has 0 aromatic carbocycles. The fourth-order valence-corrected chi connectivity index (χ4v) is 3.00. The minimum Gasteiger partial charge on any atom is -0.302 e. The third-order valence-corrected chi connectivity index (χ3v) is 4.20. The first kappa shape index (κ1) is 11.3. The highest BCUT2D eigenvalue weighted by Gasteiger charge is 2.44. The average molecular weight is 218 g/mol. The van der Waals surface area contributed by atoms with Crippen LogP contribution in [-0.2, 0) is 9.59 Å². The van der Waals surface area contributed by atoms with Crippen molar-refractivity contribution in [1.82, 2.24) is 0 Å². The van der Waals surface area contributed by atoms with Gasteiger partial charge in [-0.05, 0) is 44.1 Å². The molecule has 0 saturated heterocycles. The highest BCUT2D eigenvalue weighted by atomic mass is 16.1. The fourth-order valence-electron chi connectivity index (χ4n) is 3.00. The van der Waals surface area contributed by atoms with Crippen LogP contribution >= 0.6 is 0 Å². The zero-order chi connectivity index (χ0) is 11.8. The maximum Gasteiger partial charge on any atom is 0.155 e. The zero-order valence-corrected chi connectivity index (χ0v) is 9.74. The number of rotatable bonds is 2. The topological polar surface area (TPSA) is 34.1 Å². The first-order valence-corrected chi connectivity index (χ1v) is 5.91. The van der Waals surface area contributed by atoms with Crippen molar-refractivity contribution >= 4 is 12.1 Å². The number of aldehydes is 1. The monoisotopic (exact) mass is 218 g/mol. The summed E-state index contributed by atoms with van der Waals surface area (Å²) in [4.78, 5) is 22.7. The SMILES string of the molecule is C=C(C)[C@H]1CC[C@]2(C=O)C=CC(=O)C[C@@H]2C1. The molecule has 16 heavy (non-hydrogen) atoms. The molecule has 2 nitrogen and oxygen atoms in total. The van der Waals surface area contributed by atoms with E-state index in [2.05, 4.69) is 6.58 Å². The molecule has 0 unspecified atom stereocenters. The normalized spacial score (nSPS) is 37.9. The van der Waals surface area contributed by atoms with Crippen molar-refractivity contribution in [3.8, 4) is 0 Å². The summed E-state index contributed by atoms with van der Waals surface area (Å²) in [5.74, 6) is 0.833. The maximum absolute atomic E-state index is 11.4. The van der Waals surface area contributed by atoms with Crippen LogP contribution < -0.4 is 0 Å². The standard InChI is InChI=1S/C14H18O2/c1-10(2)11-3-5-14(9-15)6-4-13(16)8-12(14)7-11/h4,6,9,11-12H,1,3,5,7-8H2,2H3/t11-,12-,14+/m0/s1. The third kappa shape index (κ3) is 1.77. The van der Waals surface area contributed by atoms with Gasteiger partial charge in [0, 0.05) is 11.8 Å². The fraction of sp³-hybridized carbons (Fsp3) is 0.571. The second kappa shape index (κ2) is 4.00. The number of allylic oxidation sites excluding steroid dienone is 3. The number of carbonyl (C=O) groups is 2. The van der Waals surface area contributed by atoms with Gasteiger partial charge in [0.2, 0.25) is 0 Å². The largest absolute Gasteiger partial charge is 0.302 e. The Balaban J connectivity index is 2.24. The summed E-state index contributed by atoms with van der Waals surface area (Å²) in [5, 5.41) is 0. The van der Waals surface area contributed by atoms with E-state index in [0.29, 0.717) is 12.3 Å². The summed E-state index contributed by atoms with van der Waals surface area (Å²) in [5.41, 5.74) is 0.821. The maximum atomic E-state index is 11.4. The molecule has 0 bridgehead atoms. The van der Waals surface area contributed by atoms with Crippen molar-refractivity contribution in [3.05, 3.63) is 24.3 Å². The van der Waals surface area contributed by atoms with E-state index in [4.69, 9.17) is 0 Å². The first-order valence-electron chi connectivity index (χ1n) is 5.91. The van der Waals surface area contributed by atoms with Gasteiger partial charge >= 0.3 is 0 Å². The molecule has 0 radical (unpaired) electrons. The van der Waals surface area contributed by atoms with E-state index in [0.717, 1.165) is 25.5 Å². The van der Waals surface area contributed by atoms with Crippen LogP contribution in [0.2, 0.25) is 0 Å². The summed E-state index contributed by atoms with van der Waals surface area (Å²) >= 11 is 0. The second-order valence-electron chi connectivity index (χ2n) is 5.25. The van der Waals surface area contributed by atoms with Crippen LogP contribution in [-0.4, -0.2) is 12.1 Å². The van der Waals surface area contributed by atoms with Crippen molar-refractivity contribution in [2.24, 2.45) is 17.3 Å². The van der Waals surface area contributed by atoms with Crippen molar-refractivity contribution in [1.29, 1.82) is 0 Å². The minimum absolute atomic E-state index is 0.157. The second-order valence-corrected chi connectivity index (χ2v) is 5.25. The minimum atomic E-state index is -0.361. The first-order chi connectivity index (χ1) is 7.57. The van der Waals surface area contributed by atoms with Gasteiger partial charge in [-0.3, -0.25) is 4.79 Å². The lowest BCUT2D eigenvalue weighted by molar-refractivity contribution is -0.123. The highest BCUT2D eigenvalue weighted by Crippen LogP contribution is 2.48. The lowest BCUT2D eigenvalue weighted by atomic mass is 9.59. The Bertz CT molecular complexity index is 367. The predicted octanol–water partition coefficient (Wildman–Crippen LogP) is 2.69. The van der Waals surface area contributed by atoms with Crippen LogP contribution in [0.25, 0.3) is 0 Å². The van der Waals surface area contributed by atoms with Crippen LogP contribution in [0.4, 0.5) is 0 Å². The van der Waals surface area contributed by atoms with Crippen molar-refractivity contribution in [2.45, 2.75) is 32.6 Å². The Morgan fingerprint density at radius 3 is 3.00 bits per heavy atom. The summed E-state index contributed by atoms with van der Waals surface area (Å²) in [6.45, 7) is 6.03. The molecule has 2 rings (SSSR count). The molecule has 0 aromatic rings. The van der Waals surface area contributed by atoms with Gasteiger partial charge in [0.15, 0.2) is 5.78 Å². The van der Waals surface area contributed by atoms with Gasteiger partial charge in [-0.25, -0.2) is 0 Å². The molecule has 2 heteroatoms. The number of fused-ring (bicyclic) bond motifs is 1. The Morgan fingerprint density at radius 2 is 2.38 bits per heavy atom. The molecule has 0 aromatic heterocycles. The van der Waals surface area contributed by atoms with Gasteiger partial charge in [-0.1, -0.05) is 18.2 Å². The van der Waals surface area contributed by atoms with E-state index >= 15 is 0 Å². The van der Waals surface area contributed by atoms with Crippen LogP contribution in [0.3, 0.4) is 0 Å². The molecule has 0 spiro atoms. The van der Waals surface area contributed by atoms with E-state index in [9.17, 15) is 9.59 Å². The average Bonchev–Trinajstić information content (AvgIpc) is 2.28. The molecule has 2 aliphatic carbocycles. The predicted molar refractivity (Wildman–Crippen MR) is 62.9 cm³/mol. The molecule has 1 saturated carbocycles. The molecule has 86 valence electrons. The smallest absolute Gasteiger partial charge is 0.155 e. The van der Waals surface area contributed by atoms with E-state index in [1.165, 1.54) is 5.57 Å². The molecule has 1 fully saturated rings. The Morgan fingerprint density at radius 1 is 1.62 bits per heavy atom. The molecular weight excluding hydrogens is 200 g/mol. The van der Waals surface area contributed by atoms with Crippen LogP contribution in [0.1, 0.15) is 32.6 Å². The van der Waals surface area contributed by atoms with E-state index < -0.39 is 0 Å². The molecule has 0 amide bonds. The van der Waals surface area contributed by atoms with Gasteiger partial charge in [-0.2, -0.15) is 0 Å². The Kier molecular flexibility index (Phi) is 2.83. The van der Waals surface area contributed by atoms with Crippen LogP contribution in [0.5, 0.6) is 0 Å². The molecule has 0 N–H and O–H groups in total. The quantitative estimate of drug-likeness (QED) is 0.527. The molecule has 3 atom stereocenters. The molecule has 0 aliphatic heterocycles. The van der Waals surface area contributed by atoms with Gasteiger partial charge in [0.25, 0.3) is 0 Å². The van der Waals surface area contributed by atoms with Gasteiger partial charge in [0.1, 0.15) is 6.29 Å². The zero-order valence-electron chi connectivity index (χ0n) is 9.74. The highest BCUT2D eigenvalue weighted by molar-refractivity contribution is 5.92. The molecule has 0 heterocycles. The Labute approximate surface area is 96.4 Å². The summed E-state index contributed by atoms with van der Waals surface area (Å²) in [6.07, 6.45) is 7.82. The van der Waals surface area contributed by atoms with E-state index in [-0.39, 0.29) is 17.1 Å². The van der Waals surface area contributed by atoms with E-state index in [1.54, 1.807) is 6.08 Å². The van der Waals surface area contributed by atoms with Gasteiger partial charge in [-0.15, -0.1) is 0 Å². The van der Waals surface area contributed by atoms with Crippen molar-refractivity contribution < 1.29 is 9.59 Å². The lowest BCUT2D eigenvalue weighted by Crippen LogP contribution is -2.40. The van der Waals surface area contributed by atoms with Gasteiger partial charge in [0.05, 0.1) is 0 Å². The molecular formula is C14H18O2. The van der Waals surface area contributed by atoms with Crippen LogP contribution in [0.15, 0.2) is 24.3 Å². The number of ketones is 1. The van der Waals surface area contributed by atoms with Crippen LogP contribution in [0, 0.1) is 17.3 Å². The summed E-state index contributed by atoms with van der Waals surface area (Å²) in [6, 6.07) is 0.